The molecular formula is C16H13NO3S2. The Balaban J connectivity index is 1.80. The number of methoxy groups -OCH3 is 1. The van der Waals surface area contributed by atoms with E-state index in [-0.39, 0.29) is 17.7 Å². The molecular weight excluding hydrogens is 318 g/mol. The minimum Gasteiger partial charge on any atom is -0.497 e. The molecule has 112 valence electrons. The van der Waals surface area contributed by atoms with E-state index in [0.29, 0.717) is 10.7 Å². The van der Waals surface area contributed by atoms with Crippen LogP contribution in [0.15, 0.2) is 46.7 Å². The molecule has 0 radical (unpaired) electrons. The molecule has 4 nitrogen and oxygen atoms in total. The van der Waals surface area contributed by atoms with E-state index in [1.165, 1.54) is 16.2 Å². The largest absolute Gasteiger partial charge is 0.497 e. The SMILES string of the molecule is COc1cccc(CN2C(=O)S/C(=C\c3cccs3)C2=O)c1. The summed E-state index contributed by atoms with van der Waals surface area (Å²) in [6.45, 7) is 0.254. The van der Waals surface area contributed by atoms with Crippen LogP contribution in [0.1, 0.15) is 10.4 Å². The highest BCUT2D eigenvalue weighted by Crippen LogP contribution is 2.34. The fourth-order valence-electron chi connectivity index (χ4n) is 2.09. The van der Waals surface area contributed by atoms with Crippen LogP contribution in [-0.2, 0) is 11.3 Å². The van der Waals surface area contributed by atoms with Crippen LogP contribution in [0.3, 0.4) is 0 Å². The highest BCUT2D eigenvalue weighted by molar-refractivity contribution is 8.18. The Morgan fingerprint density at radius 3 is 2.82 bits per heavy atom. The number of rotatable bonds is 4. The maximum Gasteiger partial charge on any atom is 0.293 e. The first kappa shape index (κ1) is 14.9. The normalized spacial score (nSPS) is 16.6. The summed E-state index contributed by atoms with van der Waals surface area (Å²) < 4.78 is 5.16. The van der Waals surface area contributed by atoms with E-state index < -0.39 is 0 Å². The average Bonchev–Trinajstić information content (AvgIpc) is 3.12. The van der Waals surface area contributed by atoms with E-state index in [1.807, 2.05) is 41.8 Å². The number of hydrogen-bond acceptors (Lipinski definition) is 5. The van der Waals surface area contributed by atoms with Crippen LogP contribution in [0.5, 0.6) is 5.75 Å². The Morgan fingerprint density at radius 2 is 2.09 bits per heavy atom. The summed E-state index contributed by atoms with van der Waals surface area (Å²) in [5.74, 6) is 0.463. The number of hydrogen-bond donors (Lipinski definition) is 0. The van der Waals surface area contributed by atoms with E-state index in [0.717, 1.165) is 22.2 Å². The van der Waals surface area contributed by atoms with Gasteiger partial charge in [-0.1, -0.05) is 18.2 Å². The van der Waals surface area contributed by atoms with Crippen molar-refractivity contribution in [3.05, 3.63) is 57.1 Å². The highest BCUT2D eigenvalue weighted by Gasteiger charge is 2.35. The van der Waals surface area contributed by atoms with E-state index in [4.69, 9.17) is 4.74 Å². The molecule has 3 rings (SSSR count). The van der Waals surface area contributed by atoms with Gasteiger partial charge in [0, 0.05) is 4.88 Å². The van der Waals surface area contributed by atoms with Gasteiger partial charge in [-0.05, 0) is 47.0 Å². The molecule has 1 aliphatic heterocycles. The molecule has 2 heterocycles. The average molecular weight is 331 g/mol. The predicted octanol–water partition coefficient (Wildman–Crippen LogP) is 3.99. The van der Waals surface area contributed by atoms with Crippen molar-refractivity contribution in [2.45, 2.75) is 6.54 Å². The van der Waals surface area contributed by atoms with Crippen LogP contribution in [0.4, 0.5) is 4.79 Å². The number of imide groups is 1. The van der Waals surface area contributed by atoms with Gasteiger partial charge >= 0.3 is 0 Å². The second-order valence-corrected chi connectivity index (χ2v) is 6.61. The predicted molar refractivity (Wildman–Crippen MR) is 88.8 cm³/mol. The molecule has 0 unspecified atom stereocenters. The number of thioether (sulfide) groups is 1. The smallest absolute Gasteiger partial charge is 0.293 e. The third kappa shape index (κ3) is 3.08. The van der Waals surface area contributed by atoms with Gasteiger partial charge in [0.15, 0.2) is 0 Å². The third-order valence-electron chi connectivity index (χ3n) is 3.16. The molecule has 6 heteroatoms. The zero-order valence-electron chi connectivity index (χ0n) is 11.8. The van der Waals surface area contributed by atoms with Gasteiger partial charge in [0.1, 0.15) is 5.75 Å². The number of thiophene rings is 1. The molecule has 0 aliphatic carbocycles. The maximum absolute atomic E-state index is 12.4. The van der Waals surface area contributed by atoms with E-state index in [9.17, 15) is 9.59 Å². The molecule has 1 fully saturated rings. The number of carbonyl (C=O) groups is 2. The molecule has 1 aromatic carbocycles. The summed E-state index contributed by atoms with van der Waals surface area (Å²) >= 11 is 2.52. The van der Waals surface area contributed by atoms with Gasteiger partial charge in [-0.2, -0.15) is 0 Å². The molecule has 2 aromatic rings. The molecule has 0 saturated carbocycles. The number of nitrogens with zero attached hydrogens (tertiary/aromatic N) is 1. The van der Waals surface area contributed by atoms with Gasteiger partial charge in [-0.15, -0.1) is 11.3 Å². The lowest BCUT2D eigenvalue weighted by molar-refractivity contribution is -0.123. The minimum atomic E-state index is -0.244. The Hall–Kier alpha value is -2.05. The number of carbonyl (C=O) groups excluding carboxylic acids is 2. The van der Waals surface area contributed by atoms with Gasteiger partial charge in [0.2, 0.25) is 0 Å². The van der Waals surface area contributed by atoms with Gasteiger partial charge in [-0.25, -0.2) is 0 Å². The summed E-state index contributed by atoms with van der Waals surface area (Å²) in [7, 11) is 1.59. The topological polar surface area (TPSA) is 46.6 Å². The monoisotopic (exact) mass is 331 g/mol. The van der Waals surface area contributed by atoms with Crippen molar-refractivity contribution in [2.24, 2.45) is 0 Å². The van der Waals surface area contributed by atoms with Crippen LogP contribution in [0.25, 0.3) is 6.08 Å². The quantitative estimate of drug-likeness (QED) is 0.795. The number of ether oxygens (including phenoxy) is 1. The lowest BCUT2D eigenvalue weighted by atomic mass is 10.2. The van der Waals surface area contributed by atoms with Crippen molar-refractivity contribution < 1.29 is 14.3 Å². The summed E-state index contributed by atoms with van der Waals surface area (Å²) in [6.07, 6.45) is 1.77. The molecule has 0 atom stereocenters. The molecule has 1 aliphatic rings. The maximum atomic E-state index is 12.4. The minimum absolute atomic E-state index is 0.240. The molecule has 0 N–H and O–H groups in total. The lowest BCUT2D eigenvalue weighted by Gasteiger charge is -2.13. The Morgan fingerprint density at radius 1 is 1.23 bits per heavy atom. The van der Waals surface area contributed by atoms with Crippen LogP contribution in [0, 0.1) is 0 Å². The zero-order valence-corrected chi connectivity index (χ0v) is 13.4. The molecule has 0 bridgehead atoms. The van der Waals surface area contributed by atoms with Gasteiger partial charge < -0.3 is 4.74 Å². The van der Waals surface area contributed by atoms with Crippen molar-refractivity contribution in [1.82, 2.24) is 4.90 Å². The number of benzene rings is 1. The van der Waals surface area contributed by atoms with Crippen LogP contribution in [0.2, 0.25) is 0 Å². The number of amides is 2. The van der Waals surface area contributed by atoms with Crippen molar-refractivity contribution in [3.8, 4) is 5.75 Å². The first-order chi connectivity index (χ1) is 10.7. The van der Waals surface area contributed by atoms with Gasteiger partial charge in [-0.3, -0.25) is 14.5 Å². The van der Waals surface area contributed by atoms with Gasteiger partial charge in [0.05, 0.1) is 18.6 Å². The van der Waals surface area contributed by atoms with Crippen molar-refractivity contribution >= 4 is 40.3 Å². The first-order valence-electron chi connectivity index (χ1n) is 6.59. The van der Waals surface area contributed by atoms with Crippen molar-refractivity contribution in [1.29, 1.82) is 0 Å². The third-order valence-corrected chi connectivity index (χ3v) is 4.89. The van der Waals surface area contributed by atoms with Crippen LogP contribution < -0.4 is 4.74 Å². The van der Waals surface area contributed by atoms with Crippen LogP contribution >= 0.6 is 23.1 Å². The standard InChI is InChI=1S/C16H13NO3S2/c1-20-12-5-2-4-11(8-12)10-17-15(18)14(22-16(17)19)9-13-6-3-7-21-13/h2-9H,10H2,1H3/b14-9-. The summed E-state index contributed by atoms with van der Waals surface area (Å²) in [6, 6.07) is 11.2. The second-order valence-electron chi connectivity index (χ2n) is 4.63. The van der Waals surface area contributed by atoms with Crippen molar-refractivity contribution in [2.75, 3.05) is 7.11 Å². The Kier molecular flexibility index (Phi) is 4.31. The Bertz CT molecular complexity index is 738. The van der Waals surface area contributed by atoms with E-state index in [2.05, 4.69) is 0 Å². The van der Waals surface area contributed by atoms with E-state index in [1.54, 1.807) is 13.2 Å². The fraction of sp³-hybridized carbons (Fsp3) is 0.125. The Labute approximate surface area is 136 Å². The lowest BCUT2D eigenvalue weighted by Crippen LogP contribution is -2.27. The highest BCUT2D eigenvalue weighted by atomic mass is 32.2. The second kappa shape index (κ2) is 6.37. The molecule has 1 aromatic heterocycles. The molecule has 0 spiro atoms. The van der Waals surface area contributed by atoms with Gasteiger partial charge in [0.25, 0.3) is 11.1 Å². The molecule has 2 amide bonds. The summed E-state index contributed by atoms with van der Waals surface area (Å²) in [5, 5.41) is 1.70. The van der Waals surface area contributed by atoms with Crippen LogP contribution in [-0.4, -0.2) is 23.2 Å². The molecule has 22 heavy (non-hydrogen) atoms. The summed E-state index contributed by atoms with van der Waals surface area (Å²) in [4.78, 5) is 27.2. The molecule has 1 saturated heterocycles. The summed E-state index contributed by atoms with van der Waals surface area (Å²) in [5.41, 5.74) is 0.860. The first-order valence-corrected chi connectivity index (χ1v) is 8.29. The van der Waals surface area contributed by atoms with Crippen molar-refractivity contribution in [3.63, 3.8) is 0 Å². The fourth-order valence-corrected chi connectivity index (χ4v) is 3.65. The zero-order chi connectivity index (χ0) is 15.5. The van der Waals surface area contributed by atoms with E-state index >= 15 is 0 Å².